The van der Waals surface area contributed by atoms with Crippen molar-refractivity contribution in [1.29, 1.82) is 0 Å². The monoisotopic (exact) mass is 356 g/mol. The van der Waals surface area contributed by atoms with Gasteiger partial charge in [0.25, 0.3) is 0 Å². The predicted molar refractivity (Wildman–Crippen MR) is 93.1 cm³/mol. The van der Waals surface area contributed by atoms with Crippen molar-refractivity contribution >= 4 is 34.1 Å². The summed E-state index contributed by atoms with van der Waals surface area (Å²) in [6, 6.07) is 0. The van der Waals surface area contributed by atoms with Crippen LogP contribution in [0.1, 0.15) is 38.5 Å². The van der Waals surface area contributed by atoms with Crippen molar-refractivity contribution in [3.8, 4) is 0 Å². The Balaban J connectivity index is 1.40. The highest BCUT2D eigenvalue weighted by atomic mass is 32.2. The lowest BCUT2D eigenvalue weighted by atomic mass is 10.2. The highest BCUT2D eigenvalue weighted by molar-refractivity contribution is 8.01. The number of anilines is 1. The second-order valence-corrected chi connectivity index (χ2v) is 8.17. The Bertz CT molecular complexity index is 497. The van der Waals surface area contributed by atoms with Gasteiger partial charge in [-0.2, -0.15) is 0 Å². The van der Waals surface area contributed by atoms with E-state index >= 15 is 0 Å². The first-order valence-electron chi connectivity index (χ1n) is 8.41. The van der Waals surface area contributed by atoms with E-state index in [0.29, 0.717) is 11.9 Å². The molecule has 0 aromatic carbocycles. The Kier molecular flexibility index (Phi) is 6.53. The van der Waals surface area contributed by atoms with Gasteiger partial charge in [-0.3, -0.25) is 4.79 Å². The quantitative estimate of drug-likeness (QED) is 0.791. The molecule has 1 aromatic rings. The maximum atomic E-state index is 12.3. The molecular formula is C15H24N4O2S2. The minimum Gasteiger partial charge on any atom is -0.376 e. The fourth-order valence-corrected chi connectivity index (χ4v) is 4.54. The van der Waals surface area contributed by atoms with Crippen LogP contribution in [0, 0.1) is 0 Å². The maximum Gasteiger partial charge on any atom is 0.233 e. The van der Waals surface area contributed by atoms with E-state index in [9.17, 15) is 4.79 Å². The second-order valence-electron chi connectivity index (χ2n) is 5.97. The molecule has 3 heterocycles. The topological polar surface area (TPSA) is 67.3 Å². The van der Waals surface area contributed by atoms with Gasteiger partial charge in [0.2, 0.25) is 11.0 Å². The van der Waals surface area contributed by atoms with Gasteiger partial charge in [-0.25, -0.2) is 0 Å². The molecule has 0 bridgehead atoms. The number of thioether (sulfide) groups is 1. The lowest BCUT2D eigenvalue weighted by molar-refractivity contribution is -0.128. The standard InChI is InChI=1S/C15H24N4O2S2/c20-13(19-7-3-1-2-4-8-19)11-22-15-18-17-14(23-15)16-10-12-6-5-9-21-12/h12H,1-11H2,(H,16,17). The summed E-state index contributed by atoms with van der Waals surface area (Å²) in [7, 11) is 0. The minimum atomic E-state index is 0.223. The molecule has 0 saturated carbocycles. The average Bonchev–Trinajstić information content (AvgIpc) is 3.16. The third kappa shape index (κ3) is 5.32. The van der Waals surface area contributed by atoms with Gasteiger partial charge in [0, 0.05) is 26.2 Å². The molecule has 23 heavy (non-hydrogen) atoms. The molecule has 2 fully saturated rings. The van der Waals surface area contributed by atoms with E-state index in [1.807, 2.05) is 4.90 Å². The summed E-state index contributed by atoms with van der Waals surface area (Å²) in [5.41, 5.74) is 0. The summed E-state index contributed by atoms with van der Waals surface area (Å²) in [4.78, 5) is 14.3. The molecule has 0 radical (unpaired) electrons. The average molecular weight is 357 g/mol. The van der Waals surface area contributed by atoms with E-state index in [1.54, 1.807) is 0 Å². The second kappa shape index (κ2) is 8.84. The summed E-state index contributed by atoms with van der Waals surface area (Å²) >= 11 is 3.00. The number of nitrogens with one attached hydrogen (secondary N) is 1. The van der Waals surface area contributed by atoms with Crippen LogP contribution in [0.5, 0.6) is 0 Å². The number of carbonyl (C=O) groups excluding carboxylic acids is 1. The molecule has 0 spiro atoms. The van der Waals surface area contributed by atoms with Crippen molar-refractivity contribution in [2.75, 3.05) is 37.3 Å². The third-order valence-corrected chi connectivity index (χ3v) is 6.19. The highest BCUT2D eigenvalue weighted by Crippen LogP contribution is 2.26. The first-order valence-corrected chi connectivity index (χ1v) is 10.2. The van der Waals surface area contributed by atoms with Crippen LogP contribution in [-0.2, 0) is 9.53 Å². The first kappa shape index (κ1) is 17.0. The summed E-state index contributed by atoms with van der Waals surface area (Å²) < 4.78 is 6.43. The summed E-state index contributed by atoms with van der Waals surface area (Å²) in [5, 5.41) is 12.4. The lowest BCUT2D eigenvalue weighted by Crippen LogP contribution is -2.33. The van der Waals surface area contributed by atoms with Gasteiger partial charge >= 0.3 is 0 Å². The zero-order valence-electron chi connectivity index (χ0n) is 13.3. The Hall–Kier alpha value is -0.860. The Morgan fingerprint density at radius 1 is 1.26 bits per heavy atom. The summed E-state index contributed by atoms with van der Waals surface area (Å²) in [5.74, 6) is 0.682. The van der Waals surface area contributed by atoms with Gasteiger partial charge in [-0.05, 0) is 25.7 Å². The number of nitrogens with zero attached hydrogens (tertiary/aromatic N) is 3. The molecular weight excluding hydrogens is 332 g/mol. The Labute approximate surface area is 145 Å². The number of likely N-dealkylation sites (tertiary alicyclic amines) is 1. The molecule has 1 unspecified atom stereocenters. The number of rotatable bonds is 6. The van der Waals surface area contributed by atoms with E-state index in [1.165, 1.54) is 35.9 Å². The van der Waals surface area contributed by atoms with Crippen LogP contribution in [0.3, 0.4) is 0 Å². The van der Waals surface area contributed by atoms with Gasteiger partial charge in [0.05, 0.1) is 11.9 Å². The van der Waals surface area contributed by atoms with Crippen molar-refractivity contribution in [1.82, 2.24) is 15.1 Å². The number of carbonyl (C=O) groups is 1. The SMILES string of the molecule is O=C(CSc1nnc(NCC2CCCO2)s1)N1CCCCCC1. The maximum absolute atomic E-state index is 12.3. The number of amides is 1. The molecule has 3 rings (SSSR count). The van der Waals surface area contributed by atoms with Crippen LogP contribution in [0.15, 0.2) is 4.34 Å². The van der Waals surface area contributed by atoms with Crippen LogP contribution < -0.4 is 5.32 Å². The van der Waals surface area contributed by atoms with Crippen molar-refractivity contribution < 1.29 is 9.53 Å². The molecule has 128 valence electrons. The van der Waals surface area contributed by atoms with Gasteiger partial charge < -0.3 is 15.0 Å². The smallest absolute Gasteiger partial charge is 0.233 e. The molecule has 6 nitrogen and oxygen atoms in total. The molecule has 1 N–H and O–H groups in total. The first-order chi connectivity index (χ1) is 11.3. The summed E-state index contributed by atoms with van der Waals surface area (Å²) in [6.45, 7) is 3.46. The molecule has 2 aliphatic rings. The van der Waals surface area contributed by atoms with Crippen molar-refractivity contribution in [3.05, 3.63) is 0 Å². The molecule has 8 heteroatoms. The van der Waals surface area contributed by atoms with E-state index in [-0.39, 0.29) is 5.91 Å². The van der Waals surface area contributed by atoms with E-state index in [2.05, 4.69) is 15.5 Å². The van der Waals surface area contributed by atoms with Crippen LogP contribution in [0.4, 0.5) is 5.13 Å². The zero-order valence-corrected chi connectivity index (χ0v) is 15.0. The van der Waals surface area contributed by atoms with Gasteiger partial charge in [-0.1, -0.05) is 35.9 Å². The largest absolute Gasteiger partial charge is 0.376 e. The third-order valence-electron chi connectivity index (χ3n) is 4.19. The van der Waals surface area contributed by atoms with Crippen LogP contribution >= 0.6 is 23.1 Å². The highest BCUT2D eigenvalue weighted by Gasteiger charge is 2.18. The molecule has 0 aliphatic carbocycles. The normalized spacial score (nSPS) is 22.1. The molecule has 2 saturated heterocycles. The molecule has 1 atom stereocenters. The van der Waals surface area contributed by atoms with Crippen LogP contribution in [-0.4, -0.2) is 59.1 Å². The van der Waals surface area contributed by atoms with Crippen molar-refractivity contribution in [3.63, 3.8) is 0 Å². The van der Waals surface area contributed by atoms with E-state index in [4.69, 9.17) is 4.74 Å². The number of ether oxygens (including phenoxy) is 1. The van der Waals surface area contributed by atoms with E-state index < -0.39 is 0 Å². The van der Waals surface area contributed by atoms with Crippen LogP contribution in [0.25, 0.3) is 0 Å². The fourth-order valence-electron chi connectivity index (χ4n) is 2.88. The molecule has 1 amide bonds. The summed E-state index contributed by atoms with van der Waals surface area (Å²) in [6.07, 6.45) is 7.29. The Morgan fingerprint density at radius 2 is 2.09 bits per heavy atom. The van der Waals surface area contributed by atoms with Crippen molar-refractivity contribution in [2.24, 2.45) is 0 Å². The van der Waals surface area contributed by atoms with Gasteiger partial charge in [-0.15, -0.1) is 10.2 Å². The van der Waals surface area contributed by atoms with Gasteiger partial charge in [0.15, 0.2) is 4.34 Å². The minimum absolute atomic E-state index is 0.223. The molecule has 1 aromatic heterocycles. The molecule has 2 aliphatic heterocycles. The van der Waals surface area contributed by atoms with Gasteiger partial charge in [0.1, 0.15) is 0 Å². The van der Waals surface area contributed by atoms with Crippen molar-refractivity contribution in [2.45, 2.75) is 49.0 Å². The Morgan fingerprint density at radius 3 is 2.83 bits per heavy atom. The number of aromatic nitrogens is 2. The predicted octanol–water partition coefficient (Wildman–Crippen LogP) is 2.62. The van der Waals surface area contributed by atoms with Crippen LogP contribution in [0.2, 0.25) is 0 Å². The number of hydrogen-bond donors (Lipinski definition) is 1. The van der Waals surface area contributed by atoms with E-state index in [0.717, 1.165) is 61.4 Å². The lowest BCUT2D eigenvalue weighted by Gasteiger charge is -2.19. The number of hydrogen-bond acceptors (Lipinski definition) is 7. The fraction of sp³-hybridized carbons (Fsp3) is 0.800. The zero-order chi connectivity index (χ0) is 15.9.